The Labute approximate surface area is 86.3 Å². The third-order valence-corrected chi connectivity index (χ3v) is 3.65. The van der Waals surface area contributed by atoms with Crippen LogP contribution in [0.1, 0.15) is 22.6 Å². The average Bonchev–Trinajstić information content (AvgIpc) is 2.71. The summed E-state index contributed by atoms with van der Waals surface area (Å²) in [6.07, 6.45) is 1.41. The molecule has 0 aromatic carbocycles. The Hall–Kier alpha value is -0.870. The minimum Gasteiger partial charge on any atom is -0.479 e. The molecule has 1 saturated heterocycles. The maximum atomic E-state index is 11.2. The molecule has 76 valence electrons. The van der Waals surface area contributed by atoms with Crippen molar-refractivity contribution in [3.05, 3.63) is 21.9 Å². The van der Waals surface area contributed by atoms with Crippen molar-refractivity contribution in [3.63, 3.8) is 0 Å². The van der Waals surface area contributed by atoms with E-state index in [-0.39, 0.29) is 0 Å². The molecule has 1 atom stereocenters. The number of rotatable bonds is 2. The highest BCUT2D eigenvalue weighted by Gasteiger charge is 2.45. The molecule has 4 heteroatoms. The van der Waals surface area contributed by atoms with E-state index in [1.807, 2.05) is 19.1 Å². The molecule has 1 aliphatic heterocycles. The van der Waals surface area contributed by atoms with E-state index in [9.17, 15) is 9.90 Å². The van der Waals surface area contributed by atoms with Gasteiger partial charge in [-0.3, -0.25) is 0 Å². The summed E-state index contributed by atoms with van der Waals surface area (Å²) in [5.74, 6) is -0.864. The first-order chi connectivity index (χ1) is 6.65. The van der Waals surface area contributed by atoms with Crippen LogP contribution in [0.5, 0.6) is 0 Å². The number of hydrogen-bond acceptors (Lipinski definition) is 3. The van der Waals surface area contributed by atoms with Crippen LogP contribution in [0.2, 0.25) is 0 Å². The van der Waals surface area contributed by atoms with E-state index in [0.717, 1.165) is 16.2 Å². The molecular formula is C10H12O3S. The smallest absolute Gasteiger partial charge is 0.341 e. The molecule has 1 N–H and O–H groups in total. The Morgan fingerprint density at radius 2 is 2.43 bits per heavy atom. The quantitative estimate of drug-likeness (QED) is 0.817. The zero-order chi connectivity index (χ0) is 10.2. The number of carboxylic acid groups (broad SMARTS) is 1. The van der Waals surface area contributed by atoms with Crippen LogP contribution in [0.25, 0.3) is 0 Å². The summed E-state index contributed by atoms with van der Waals surface area (Å²) < 4.78 is 5.41. The van der Waals surface area contributed by atoms with E-state index in [2.05, 4.69) is 0 Å². The van der Waals surface area contributed by atoms with Crippen molar-refractivity contribution in [2.45, 2.75) is 25.4 Å². The molecule has 0 spiro atoms. The lowest BCUT2D eigenvalue weighted by atomic mass is 9.98. The van der Waals surface area contributed by atoms with Gasteiger partial charge in [0, 0.05) is 16.4 Å². The van der Waals surface area contributed by atoms with Crippen LogP contribution in [0.15, 0.2) is 12.1 Å². The van der Waals surface area contributed by atoms with Crippen LogP contribution in [0, 0.1) is 6.92 Å². The molecule has 2 heterocycles. The first-order valence-corrected chi connectivity index (χ1v) is 5.41. The molecule has 1 unspecified atom stereocenters. The molecule has 0 aliphatic carbocycles. The number of ether oxygens (including phenoxy) is 1. The number of hydrogen-bond donors (Lipinski definition) is 1. The minimum absolute atomic E-state index is 0.545. The molecular weight excluding hydrogens is 200 g/mol. The Morgan fingerprint density at radius 3 is 2.86 bits per heavy atom. The molecule has 1 fully saturated rings. The minimum atomic E-state index is -1.06. The maximum Gasteiger partial charge on any atom is 0.341 e. The van der Waals surface area contributed by atoms with Crippen molar-refractivity contribution in [2.24, 2.45) is 0 Å². The van der Waals surface area contributed by atoms with E-state index in [0.29, 0.717) is 13.0 Å². The van der Waals surface area contributed by atoms with Gasteiger partial charge >= 0.3 is 5.97 Å². The van der Waals surface area contributed by atoms with E-state index >= 15 is 0 Å². The monoisotopic (exact) mass is 212 g/mol. The summed E-state index contributed by atoms with van der Waals surface area (Å²) in [7, 11) is 0. The lowest BCUT2D eigenvalue weighted by Crippen LogP contribution is -2.33. The van der Waals surface area contributed by atoms with Gasteiger partial charge in [0.05, 0.1) is 0 Å². The van der Waals surface area contributed by atoms with E-state index in [1.54, 1.807) is 0 Å². The maximum absolute atomic E-state index is 11.2. The van der Waals surface area contributed by atoms with Crippen molar-refractivity contribution >= 4 is 17.3 Å². The summed E-state index contributed by atoms with van der Waals surface area (Å²) in [5.41, 5.74) is -1.06. The second kappa shape index (κ2) is 3.37. The molecule has 0 amide bonds. The van der Waals surface area contributed by atoms with Crippen LogP contribution < -0.4 is 0 Å². The van der Waals surface area contributed by atoms with Crippen LogP contribution >= 0.6 is 11.3 Å². The number of carboxylic acids is 1. The van der Waals surface area contributed by atoms with Gasteiger partial charge < -0.3 is 9.84 Å². The fourth-order valence-corrected chi connectivity index (χ4v) is 2.79. The molecule has 1 aromatic heterocycles. The SMILES string of the molecule is Cc1ccc(C2(C(=O)O)CCCO2)s1. The zero-order valence-electron chi connectivity index (χ0n) is 7.95. The molecule has 0 bridgehead atoms. The van der Waals surface area contributed by atoms with Crippen molar-refractivity contribution < 1.29 is 14.6 Å². The lowest BCUT2D eigenvalue weighted by molar-refractivity contribution is -0.160. The first kappa shape index (κ1) is 9.68. The third kappa shape index (κ3) is 1.35. The highest BCUT2D eigenvalue weighted by atomic mass is 32.1. The number of aryl methyl sites for hydroxylation is 1. The topological polar surface area (TPSA) is 46.5 Å². The Balaban J connectivity index is 2.41. The largest absolute Gasteiger partial charge is 0.479 e. The summed E-state index contributed by atoms with van der Waals surface area (Å²) in [6.45, 7) is 2.52. The van der Waals surface area contributed by atoms with Gasteiger partial charge in [-0.15, -0.1) is 11.3 Å². The standard InChI is InChI=1S/C10H12O3S/c1-7-3-4-8(14-7)10(9(11)12)5-2-6-13-10/h3-4H,2,5-6H2,1H3,(H,11,12). The predicted molar refractivity (Wildman–Crippen MR) is 53.6 cm³/mol. The molecule has 1 aliphatic rings. The number of aliphatic carboxylic acids is 1. The van der Waals surface area contributed by atoms with Gasteiger partial charge in [-0.25, -0.2) is 4.79 Å². The molecule has 14 heavy (non-hydrogen) atoms. The van der Waals surface area contributed by atoms with Crippen LogP contribution in [-0.2, 0) is 15.1 Å². The van der Waals surface area contributed by atoms with Crippen LogP contribution in [0.3, 0.4) is 0 Å². The van der Waals surface area contributed by atoms with Crippen molar-refractivity contribution in [1.82, 2.24) is 0 Å². The Kier molecular flexibility index (Phi) is 2.33. The second-order valence-electron chi connectivity index (χ2n) is 3.49. The molecule has 1 aromatic rings. The lowest BCUT2D eigenvalue weighted by Gasteiger charge is -2.21. The van der Waals surface area contributed by atoms with Gasteiger partial charge in [0.15, 0.2) is 5.60 Å². The third-order valence-electron chi connectivity index (χ3n) is 2.51. The fourth-order valence-electron chi connectivity index (χ4n) is 1.76. The number of carbonyl (C=O) groups is 1. The summed E-state index contributed by atoms with van der Waals surface area (Å²) in [5, 5.41) is 9.21. The summed E-state index contributed by atoms with van der Waals surface area (Å²) in [6, 6.07) is 3.80. The second-order valence-corrected chi connectivity index (χ2v) is 4.78. The highest BCUT2D eigenvalue weighted by Crippen LogP contribution is 2.39. The van der Waals surface area contributed by atoms with Gasteiger partial charge in [0.1, 0.15) is 0 Å². The van der Waals surface area contributed by atoms with Crippen LogP contribution in [0.4, 0.5) is 0 Å². The van der Waals surface area contributed by atoms with Crippen LogP contribution in [-0.4, -0.2) is 17.7 Å². The fraction of sp³-hybridized carbons (Fsp3) is 0.500. The van der Waals surface area contributed by atoms with Crippen molar-refractivity contribution in [2.75, 3.05) is 6.61 Å². The van der Waals surface area contributed by atoms with E-state index < -0.39 is 11.6 Å². The van der Waals surface area contributed by atoms with Gasteiger partial charge in [0.25, 0.3) is 0 Å². The summed E-state index contributed by atoms with van der Waals surface area (Å²) >= 11 is 1.51. The molecule has 2 rings (SSSR count). The predicted octanol–water partition coefficient (Wildman–Crippen LogP) is 2.15. The first-order valence-electron chi connectivity index (χ1n) is 4.59. The Bertz CT molecular complexity index is 350. The Morgan fingerprint density at radius 1 is 1.64 bits per heavy atom. The van der Waals surface area contributed by atoms with Gasteiger partial charge in [-0.05, 0) is 31.9 Å². The normalized spacial score (nSPS) is 26.6. The van der Waals surface area contributed by atoms with E-state index in [4.69, 9.17) is 4.74 Å². The molecule has 3 nitrogen and oxygen atoms in total. The van der Waals surface area contributed by atoms with Gasteiger partial charge in [-0.1, -0.05) is 0 Å². The zero-order valence-corrected chi connectivity index (χ0v) is 8.76. The summed E-state index contributed by atoms with van der Waals surface area (Å²) in [4.78, 5) is 13.2. The highest BCUT2D eigenvalue weighted by molar-refractivity contribution is 7.12. The van der Waals surface area contributed by atoms with Gasteiger partial charge in [-0.2, -0.15) is 0 Å². The number of thiophene rings is 1. The van der Waals surface area contributed by atoms with E-state index in [1.165, 1.54) is 11.3 Å². The average molecular weight is 212 g/mol. The van der Waals surface area contributed by atoms with Gasteiger partial charge in [0.2, 0.25) is 0 Å². The molecule has 0 radical (unpaired) electrons. The molecule has 0 saturated carbocycles. The van der Waals surface area contributed by atoms with Crippen molar-refractivity contribution in [1.29, 1.82) is 0 Å². The van der Waals surface area contributed by atoms with Crippen molar-refractivity contribution in [3.8, 4) is 0 Å².